The topological polar surface area (TPSA) is 89.1 Å². The van der Waals surface area contributed by atoms with Crippen molar-refractivity contribution in [1.82, 2.24) is 10.6 Å². The second kappa shape index (κ2) is 7.12. The standard InChI is InChI=1S/C17H17N3O5S/c21-16(19-8-13-2-1-5-26-13)18-7-12-9-20(17(22)25-12)11-3-4-14-15(6-11)24-10-23-14/h1-6,12H,7-10H2,(H2,18,19,21)/t12-/m0/s1. The lowest BCUT2D eigenvalue weighted by Crippen LogP contribution is -2.40. The molecule has 0 saturated carbocycles. The Balaban J connectivity index is 1.28. The molecule has 1 fully saturated rings. The molecule has 2 aromatic rings. The number of carbonyl (C=O) groups excluding carboxylic acids is 2. The number of anilines is 1. The quantitative estimate of drug-likeness (QED) is 0.837. The van der Waals surface area contributed by atoms with Gasteiger partial charge in [0.1, 0.15) is 6.10 Å². The van der Waals surface area contributed by atoms with Gasteiger partial charge in [-0.05, 0) is 23.6 Å². The lowest BCUT2D eigenvalue weighted by molar-refractivity contribution is 0.140. The third-order valence-electron chi connectivity index (χ3n) is 4.04. The van der Waals surface area contributed by atoms with Crippen molar-refractivity contribution in [2.45, 2.75) is 12.6 Å². The van der Waals surface area contributed by atoms with Crippen molar-refractivity contribution in [1.29, 1.82) is 0 Å². The Hall–Kier alpha value is -2.94. The number of ether oxygens (including phenoxy) is 3. The largest absolute Gasteiger partial charge is 0.454 e. The number of cyclic esters (lactones) is 1. The average molecular weight is 375 g/mol. The summed E-state index contributed by atoms with van der Waals surface area (Å²) in [5.74, 6) is 1.26. The molecular formula is C17H17N3O5S. The molecule has 1 aromatic carbocycles. The van der Waals surface area contributed by atoms with Gasteiger partial charge < -0.3 is 24.8 Å². The van der Waals surface area contributed by atoms with Crippen LogP contribution in [-0.2, 0) is 11.3 Å². The Labute approximate surface area is 153 Å². The second-order valence-electron chi connectivity index (χ2n) is 5.80. The molecule has 4 rings (SSSR count). The third kappa shape index (κ3) is 3.52. The molecule has 2 aliphatic rings. The van der Waals surface area contributed by atoms with Crippen LogP contribution in [0.5, 0.6) is 11.5 Å². The van der Waals surface area contributed by atoms with Gasteiger partial charge in [0, 0.05) is 10.9 Å². The van der Waals surface area contributed by atoms with Gasteiger partial charge in [0.15, 0.2) is 11.5 Å². The van der Waals surface area contributed by atoms with E-state index in [0.717, 1.165) is 4.88 Å². The van der Waals surface area contributed by atoms with E-state index in [9.17, 15) is 9.59 Å². The summed E-state index contributed by atoms with van der Waals surface area (Å²) in [6.07, 6.45) is -0.866. The molecule has 1 atom stereocenters. The number of fused-ring (bicyclic) bond motifs is 1. The Morgan fingerprint density at radius 2 is 2.12 bits per heavy atom. The maximum absolute atomic E-state index is 12.1. The normalized spacial score (nSPS) is 17.9. The first-order valence-corrected chi connectivity index (χ1v) is 8.99. The van der Waals surface area contributed by atoms with Crippen LogP contribution in [0.1, 0.15) is 4.88 Å². The van der Waals surface area contributed by atoms with Crippen LogP contribution in [0, 0.1) is 0 Å². The van der Waals surface area contributed by atoms with Crippen LogP contribution in [0.3, 0.4) is 0 Å². The molecule has 1 aromatic heterocycles. The molecule has 136 valence electrons. The number of rotatable bonds is 5. The minimum absolute atomic E-state index is 0.177. The van der Waals surface area contributed by atoms with E-state index in [1.54, 1.807) is 29.5 Å². The number of hydrogen-bond acceptors (Lipinski definition) is 6. The first kappa shape index (κ1) is 16.5. The molecule has 0 aliphatic carbocycles. The summed E-state index contributed by atoms with van der Waals surface area (Å²) >= 11 is 1.58. The fraction of sp³-hybridized carbons (Fsp3) is 0.294. The average Bonchev–Trinajstić information content (AvgIpc) is 3.38. The maximum atomic E-state index is 12.1. The summed E-state index contributed by atoms with van der Waals surface area (Å²) in [5.41, 5.74) is 0.670. The SMILES string of the molecule is O=C(NCc1cccs1)NC[C@H]1CN(c2ccc3c(c2)OCO3)C(=O)O1. The molecule has 0 unspecified atom stereocenters. The molecule has 2 N–H and O–H groups in total. The fourth-order valence-corrected chi connectivity index (χ4v) is 3.39. The van der Waals surface area contributed by atoms with Crippen molar-refractivity contribution >= 4 is 29.1 Å². The number of hydrogen-bond donors (Lipinski definition) is 2. The predicted molar refractivity (Wildman–Crippen MR) is 94.7 cm³/mol. The minimum atomic E-state index is -0.449. The van der Waals surface area contributed by atoms with E-state index in [4.69, 9.17) is 14.2 Å². The summed E-state index contributed by atoms with van der Waals surface area (Å²) in [5, 5.41) is 7.45. The summed E-state index contributed by atoms with van der Waals surface area (Å²) in [4.78, 5) is 26.6. The number of thiophene rings is 1. The molecular weight excluding hydrogens is 358 g/mol. The molecule has 0 radical (unpaired) electrons. The Bertz CT molecular complexity index is 811. The molecule has 0 spiro atoms. The van der Waals surface area contributed by atoms with Gasteiger partial charge in [-0.2, -0.15) is 0 Å². The van der Waals surface area contributed by atoms with Crippen LogP contribution in [0.15, 0.2) is 35.7 Å². The van der Waals surface area contributed by atoms with Gasteiger partial charge in [0.25, 0.3) is 0 Å². The van der Waals surface area contributed by atoms with Crippen molar-refractivity contribution in [3.8, 4) is 11.5 Å². The van der Waals surface area contributed by atoms with E-state index in [0.29, 0.717) is 30.3 Å². The van der Waals surface area contributed by atoms with Crippen molar-refractivity contribution in [2.24, 2.45) is 0 Å². The second-order valence-corrected chi connectivity index (χ2v) is 6.83. The van der Waals surface area contributed by atoms with Crippen molar-refractivity contribution in [3.05, 3.63) is 40.6 Å². The predicted octanol–water partition coefficient (Wildman–Crippen LogP) is 2.30. The van der Waals surface area contributed by atoms with E-state index in [1.165, 1.54) is 4.90 Å². The van der Waals surface area contributed by atoms with Gasteiger partial charge in [0.05, 0.1) is 25.3 Å². The first-order valence-electron chi connectivity index (χ1n) is 8.11. The Morgan fingerprint density at radius 1 is 1.23 bits per heavy atom. The van der Waals surface area contributed by atoms with Gasteiger partial charge in [-0.15, -0.1) is 11.3 Å². The highest BCUT2D eigenvalue weighted by Gasteiger charge is 2.33. The molecule has 0 bridgehead atoms. The van der Waals surface area contributed by atoms with Crippen LogP contribution in [0.4, 0.5) is 15.3 Å². The smallest absolute Gasteiger partial charge is 0.414 e. The van der Waals surface area contributed by atoms with E-state index >= 15 is 0 Å². The zero-order chi connectivity index (χ0) is 17.9. The number of carbonyl (C=O) groups is 2. The lowest BCUT2D eigenvalue weighted by Gasteiger charge is -2.13. The maximum Gasteiger partial charge on any atom is 0.414 e. The monoisotopic (exact) mass is 375 g/mol. The summed E-state index contributed by atoms with van der Waals surface area (Å²) in [6.45, 7) is 1.24. The Kier molecular flexibility index (Phi) is 4.53. The fourth-order valence-electron chi connectivity index (χ4n) is 2.74. The summed E-state index contributed by atoms with van der Waals surface area (Å²) in [6, 6.07) is 8.87. The van der Waals surface area contributed by atoms with Gasteiger partial charge >= 0.3 is 12.1 Å². The molecule has 3 amide bonds. The Morgan fingerprint density at radius 3 is 2.96 bits per heavy atom. The molecule has 1 saturated heterocycles. The van der Waals surface area contributed by atoms with E-state index in [2.05, 4.69) is 10.6 Å². The molecule has 9 heteroatoms. The number of amides is 3. The minimum Gasteiger partial charge on any atom is -0.454 e. The molecule has 2 aliphatic heterocycles. The van der Waals surface area contributed by atoms with Crippen LogP contribution in [-0.4, -0.2) is 38.1 Å². The highest BCUT2D eigenvalue weighted by molar-refractivity contribution is 7.09. The van der Waals surface area contributed by atoms with E-state index < -0.39 is 12.2 Å². The van der Waals surface area contributed by atoms with Gasteiger partial charge in [0.2, 0.25) is 6.79 Å². The van der Waals surface area contributed by atoms with Crippen molar-refractivity contribution < 1.29 is 23.8 Å². The van der Waals surface area contributed by atoms with Crippen molar-refractivity contribution in [2.75, 3.05) is 24.8 Å². The van der Waals surface area contributed by atoms with E-state index in [-0.39, 0.29) is 19.4 Å². The number of benzene rings is 1. The number of urea groups is 1. The first-order chi connectivity index (χ1) is 12.7. The highest BCUT2D eigenvalue weighted by Crippen LogP contribution is 2.36. The third-order valence-corrected chi connectivity index (χ3v) is 4.91. The van der Waals surface area contributed by atoms with Gasteiger partial charge in [-0.3, -0.25) is 4.90 Å². The van der Waals surface area contributed by atoms with Crippen molar-refractivity contribution in [3.63, 3.8) is 0 Å². The molecule has 8 nitrogen and oxygen atoms in total. The number of nitrogens with one attached hydrogen (secondary N) is 2. The summed E-state index contributed by atoms with van der Waals surface area (Å²) in [7, 11) is 0. The van der Waals surface area contributed by atoms with Gasteiger partial charge in [-0.1, -0.05) is 6.07 Å². The zero-order valence-electron chi connectivity index (χ0n) is 13.8. The molecule has 26 heavy (non-hydrogen) atoms. The zero-order valence-corrected chi connectivity index (χ0v) is 14.6. The number of nitrogens with zero attached hydrogens (tertiary/aromatic N) is 1. The van der Waals surface area contributed by atoms with E-state index in [1.807, 2.05) is 17.5 Å². The lowest BCUT2D eigenvalue weighted by atomic mass is 10.2. The van der Waals surface area contributed by atoms with Crippen LogP contribution < -0.4 is 25.0 Å². The van der Waals surface area contributed by atoms with Gasteiger partial charge in [-0.25, -0.2) is 9.59 Å². The summed E-state index contributed by atoms with van der Waals surface area (Å²) < 4.78 is 15.9. The highest BCUT2D eigenvalue weighted by atomic mass is 32.1. The van der Waals surface area contributed by atoms with Crippen LogP contribution >= 0.6 is 11.3 Å². The van der Waals surface area contributed by atoms with Crippen LogP contribution in [0.2, 0.25) is 0 Å². The molecule has 3 heterocycles. The van der Waals surface area contributed by atoms with Crippen LogP contribution in [0.25, 0.3) is 0 Å².